The Balaban J connectivity index is 0.000000100. The number of imidazole rings is 2. The lowest BCUT2D eigenvalue weighted by Gasteiger charge is -2.20. The number of aromatic nitrogens is 36. The zero-order valence-electron chi connectivity index (χ0n) is 73.5. The van der Waals surface area contributed by atoms with E-state index in [0.717, 1.165) is 143 Å². The fourth-order valence-corrected chi connectivity index (χ4v) is 21.6. The van der Waals surface area contributed by atoms with Crippen molar-refractivity contribution < 1.29 is 44.5 Å². The van der Waals surface area contributed by atoms with E-state index in [-0.39, 0.29) is 0 Å². The summed E-state index contributed by atoms with van der Waals surface area (Å²) in [6.45, 7) is 1.70. The van der Waals surface area contributed by atoms with Gasteiger partial charge in [-0.2, -0.15) is 10.3 Å². The molecule has 2 aliphatic carbocycles. The molecule has 27 rings (SSSR count). The van der Waals surface area contributed by atoms with Crippen LogP contribution in [0.5, 0.6) is 0 Å². The number of H-pyrrole nitrogens is 3. The molecule has 1 saturated heterocycles. The SMILES string of the molecule is Cn1ccnc1Sc1ncnc2ccoc12.Cn1cnnc1Sc1ncnc2ccoc12.Cn1nnnc1Sc1ncnc2ccoc12.c1c[nH]c(Sc2ncnc3ccoc23)n1.c1n[nH]c(Sc2ncnc3ccoc23)n1.c1nc(SC2CCCC2)c2occc2n1.c1nc(SC2CCCCC2)c2occc2n1.c1nc(SC2CCOCC2)c2occc2n1.c1nc(Sc2nn[nH]n2)c2occc2n1. The molecule has 3 aliphatic rings. The van der Waals surface area contributed by atoms with E-state index in [0.29, 0.717) is 74.8 Å². The highest BCUT2D eigenvalue weighted by Crippen LogP contribution is 2.41. The first kappa shape index (κ1) is 94.5. The summed E-state index contributed by atoms with van der Waals surface area (Å²) < 4.78 is 58.8. The van der Waals surface area contributed by atoms with E-state index in [9.17, 15) is 0 Å². The van der Waals surface area contributed by atoms with Crippen LogP contribution in [0.2, 0.25) is 0 Å². The van der Waals surface area contributed by atoms with Crippen LogP contribution in [0, 0.1) is 0 Å². The molecule has 0 atom stereocenters. The fraction of sp³-hybridized carbons (Fsp3) is 0.224. The largest absolute Gasteiger partial charge is 0.460 e. The molecule has 0 bridgehead atoms. The number of hydrogen-bond acceptors (Lipinski definition) is 49. The first-order valence-corrected chi connectivity index (χ1v) is 50.1. The minimum atomic E-state index is 0.492. The van der Waals surface area contributed by atoms with Gasteiger partial charge in [0, 0.05) is 129 Å². The van der Waals surface area contributed by atoms with Crippen molar-refractivity contribution >= 4 is 206 Å². The highest BCUT2D eigenvalue weighted by molar-refractivity contribution is 8.01. The van der Waals surface area contributed by atoms with Gasteiger partial charge in [-0.3, -0.25) is 5.10 Å². The Labute approximate surface area is 826 Å². The quantitative estimate of drug-likeness (QED) is 0.0672. The molecule has 25 heterocycles. The van der Waals surface area contributed by atoms with Gasteiger partial charge < -0.3 is 58.6 Å². The smallest absolute Gasteiger partial charge is 0.237 e. The molecule has 1 aliphatic heterocycles. The number of rotatable bonds is 18. The molecule has 55 heteroatoms. The number of furan rings is 9. The van der Waals surface area contributed by atoms with Crippen LogP contribution >= 0.6 is 106 Å². The molecule has 140 heavy (non-hydrogen) atoms. The average Bonchev–Trinajstić information content (AvgIpc) is 1.71. The van der Waals surface area contributed by atoms with Gasteiger partial charge in [0.25, 0.3) is 0 Å². The van der Waals surface area contributed by atoms with Crippen LogP contribution in [0.3, 0.4) is 0 Å². The number of hydrogen-bond donors (Lipinski definition) is 3. The Hall–Kier alpha value is -14.5. The van der Waals surface area contributed by atoms with Gasteiger partial charge in [-0.15, -0.1) is 25.5 Å². The molecule has 0 spiro atoms. The van der Waals surface area contributed by atoms with Gasteiger partial charge in [-0.25, -0.2) is 109 Å². The molecule has 0 amide bonds. The summed E-state index contributed by atoms with van der Waals surface area (Å²) in [6, 6.07) is 16.4. The van der Waals surface area contributed by atoms with Crippen molar-refractivity contribution in [2.45, 2.75) is 163 Å². The van der Waals surface area contributed by atoms with Crippen LogP contribution < -0.4 is 0 Å². The maximum absolute atomic E-state index is 5.44. The molecule has 3 fully saturated rings. The third-order valence-electron chi connectivity index (χ3n) is 20.1. The molecule has 708 valence electrons. The average molecular weight is 2050 g/mol. The van der Waals surface area contributed by atoms with Crippen molar-refractivity contribution in [3.05, 3.63) is 205 Å². The van der Waals surface area contributed by atoms with Gasteiger partial charge in [0.05, 0.1) is 56.4 Å². The van der Waals surface area contributed by atoms with Crippen molar-refractivity contribution in [1.29, 1.82) is 0 Å². The van der Waals surface area contributed by atoms with E-state index in [1.165, 1.54) is 173 Å². The summed E-state index contributed by atoms with van der Waals surface area (Å²) in [6.07, 6.45) is 52.8. The van der Waals surface area contributed by atoms with E-state index < -0.39 is 0 Å². The van der Waals surface area contributed by atoms with Crippen LogP contribution in [-0.4, -0.2) is 209 Å². The highest BCUT2D eigenvalue weighted by Gasteiger charge is 2.24. The number of aromatic amines is 3. The number of tetrazole rings is 2. The zero-order valence-corrected chi connectivity index (χ0v) is 80.8. The number of thioether (sulfide) groups is 3. The number of aryl methyl sites for hydroxylation is 3. The maximum Gasteiger partial charge on any atom is 0.237 e. The molecule has 24 aromatic rings. The Morgan fingerprint density at radius 3 is 1.03 bits per heavy atom. The lowest BCUT2D eigenvalue weighted by atomic mass is 10.0. The predicted molar refractivity (Wildman–Crippen MR) is 514 cm³/mol. The van der Waals surface area contributed by atoms with Crippen molar-refractivity contribution in [1.82, 2.24) is 180 Å². The molecule has 0 unspecified atom stereocenters. The minimum Gasteiger partial charge on any atom is -0.460 e. The second-order valence-corrected chi connectivity index (χ2v) is 38.9. The fourth-order valence-electron chi connectivity index (χ4n) is 13.4. The molecule has 0 aromatic carbocycles. The number of nitrogens with one attached hydrogen (secondary N) is 3. The third-order valence-corrected chi connectivity index (χ3v) is 29.8. The Morgan fingerprint density at radius 1 is 0.321 bits per heavy atom. The van der Waals surface area contributed by atoms with Crippen molar-refractivity contribution in [3.63, 3.8) is 0 Å². The first-order chi connectivity index (χ1) is 69.1. The molecule has 0 radical (unpaired) electrons. The maximum atomic E-state index is 5.44. The van der Waals surface area contributed by atoms with E-state index in [1.54, 1.807) is 148 Å². The van der Waals surface area contributed by atoms with Crippen LogP contribution in [-0.2, 0) is 25.9 Å². The van der Waals surface area contributed by atoms with Crippen LogP contribution in [0.1, 0.15) is 70.6 Å². The molecule has 3 N–H and O–H groups in total. The van der Waals surface area contributed by atoms with Crippen LogP contribution in [0.4, 0.5) is 0 Å². The number of ether oxygens (including phenoxy) is 1. The molecule has 2 saturated carbocycles. The second kappa shape index (κ2) is 47.3. The standard InChI is InChI=1S/C12H14N2OS.C11H12N2O2S.C11H12N2OS.C10H8N4OS.C9H7N5OS.C9H6N4OS.C8H6N6OS.C8H5N5OS.C7H4N6OS/c1-2-4-9(5-3-1)16-12-11-10(6-7-15-11)13-8-14-12;1-4-14-5-2-8(1)16-11-10-9(3-6-15-10)12-7-13-11;1-2-4-8(3-1)15-11-10-9(5-6-14-10)12-7-13-11;1-14-4-3-11-10(14)16-9-8-7(2-5-15-8)12-6-13-9;1-14-5-12-13-9(14)16-8-7-6(2-3-15-7)10-4-11-8;1-4-14-7-6(1)12-5-13-8(7)15-9-10-2-3-11-9;1-14-8(11-12-13-14)16-7-6-5(2-3-15-6)9-4-10-7;1-2-14-6-5(1)9-3-10-7(6)15-8-11-4-12-13-8;1-2-14-5-4(1)8-3-9-6(5)15-7-10-12-13-11-7/h6-9H,1-5H2;3,6-8H,1-2,4-5H2;5-8H,1-4H2;2-6H,1H3;2-5H,1H3;1-5H,(H,10,11);2-4H,1H3;1-4H,(H,11,12,13);1-3H,(H,10,11,12,13). The topological polar surface area (TPSA) is 576 Å². The minimum absolute atomic E-state index is 0.492. The number of fused-ring (bicyclic) bond motifs is 9. The van der Waals surface area contributed by atoms with Crippen molar-refractivity contribution in [2.75, 3.05) is 13.2 Å². The van der Waals surface area contributed by atoms with Crippen LogP contribution in [0.25, 0.3) is 99.9 Å². The van der Waals surface area contributed by atoms with E-state index in [1.807, 2.05) is 83.3 Å². The van der Waals surface area contributed by atoms with Crippen LogP contribution in [0.15, 0.2) is 321 Å². The summed E-state index contributed by atoms with van der Waals surface area (Å²) in [7, 11) is 5.58. The Kier molecular flexibility index (Phi) is 31.9. The van der Waals surface area contributed by atoms with E-state index >= 15 is 0 Å². The van der Waals surface area contributed by atoms with E-state index in [4.69, 9.17) is 44.5 Å². The number of nitrogens with zero attached hydrogens (tertiary/aromatic N) is 33. The summed E-state index contributed by atoms with van der Waals surface area (Å²) in [5.74, 6) is 0. The van der Waals surface area contributed by atoms with E-state index in [2.05, 4.69) is 166 Å². The monoisotopic (exact) mass is 2050 g/mol. The van der Waals surface area contributed by atoms with Gasteiger partial charge in [0.15, 0.2) is 101 Å². The van der Waals surface area contributed by atoms with Gasteiger partial charge in [0.1, 0.15) is 134 Å². The second-order valence-electron chi connectivity index (χ2n) is 29.3. The normalized spacial score (nSPS) is 13.3. The molecular formula is C85H74N36O10S9. The first-order valence-electron chi connectivity index (χ1n) is 42.5. The van der Waals surface area contributed by atoms with Crippen molar-refractivity contribution in [3.8, 4) is 0 Å². The summed E-state index contributed by atoms with van der Waals surface area (Å²) >= 11 is 13.7. The van der Waals surface area contributed by atoms with Gasteiger partial charge in [-0.1, -0.05) is 67.4 Å². The predicted octanol–water partition coefficient (Wildman–Crippen LogP) is 18.4. The van der Waals surface area contributed by atoms with Gasteiger partial charge in [0.2, 0.25) is 10.3 Å². The molecule has 24 aromatic heterocycles. The Morgan fingerprint density at radius 2 is 0.686 bits per heavy atom. The van der Waals surface area contributed by atoms with Gasteiger partial charge in [-0.05, 0) is 125 Å². The lowest BCUT2D eigenvalue weighted by molar-refractivity contribution is 0.1000. The highest BCUT2D eigenvalue weighted by atomic mass is 32.2. The summed E-state index contributed by atoms with van der Waals surface area (Å²) in [5, 5.41) is 52.5. The van der Waals surface area contributed by atoms with Gasteiger partial charge >= 0.3 is 0 Å². The lowest BCUT2D eigenvalue weighted by Crippen LogP contribution is -2.17. The van der Waals surface area contributed by atoms with Crippen molar-refractivity contribution in [2.24, 2.45) is 21.1 Å². The zero-order chi connectivity index (χ0) is 94.8. The molecule has 46 nitrogen and oxygen atoms in total. The summed E-state index contributed by atoms with van der Waals surface area (Å²) in [5.41, 5.74) is 13.9. The third kappa shape index (κ3) is 24.4. The molecular weight excluding hydrogens is 1970 g/mol. The summed E-state index contributed by atoms with van der Waals surface area (Å²) in [4.78, 5) is 90.1. The Bertz CT molecular complexity index is 7360.